The van der Waals surface area contributed by atoms with E-state index in [-0.39, 0.29) is 5.41 Å². The van der Waals surface area contributed by atoms with Crippen molar-refractivity contribution < 1.29 is 4.74 Å². The maximum Gasteiger partial charge on any atom is 0.136 e. The number of ether oxygens (including phenoxy) is 1. The summed E-state index contributed by atoms with van der Waals surface area (Å²) in [5.41, 5.74) is 3.51. The number of anilines is 1. The molecule has 0 spiro atoms. The molecule has 0 atom stereocenters. The van der Waals surface area contributed by atoms with Crippen LogP contribution in [-0.4, -0.2) is 14.1 Å². The summed E-state index contributed by atoms with van der Waals surface area (Å²) in [5, 5.41) is 0. The second-order valence-electron chi connectivity index (χ2n) is 5.98. The summed E-state index contributed by atoms with van der Waals surface area (Å²) in [6.07, 6.45) is 8.74. The number of fused-ring (bicyclic) bond motifs is 2. The second-order valence-corrected chi connectivity index (χ2v) is 5.98. The molecule has 0 saturated carbocycles. The Bertz CT molecular complexity index is 618. The Labute approximate surface area is 114 Å². The Morgan fingerprint density at radius 3 is 2.68 bits per heavy atom. The Balaban J connectivity index is 2.06. The highest BCUT2D eigenvalue weighted by Crippen LogP contribution is 2.39. The van der Waals surface area contributed by atoms with Gasteiger partial charge in [0.2, 0.25) is 0 Å². The predicted molar refractivity (Wildman–Crippen MR) is 80.4 cm³/mol. The highest BCUT2D eigenvalue weighted by molar-refractivity contribution is 5.72. The van der Waals surface area contributed by atoms with E-state index in [0.29, 0.717) is 0 Å². The Morgan fingerprint density at radius 2 is 1.95 bits per heavy atom. The Morgan fingerprint density at radius 1 is 1.16 bits per heavy atom. The lowest BCUT2D eigenvalue weighted by molar-refractivity contribution is 0.416. The molecule has 0 N–H and O–H groups in total. The molecule has 0 unspecified atom stereocenters. The standard InChI is InChI=1S/C17H19NO/c1-17(2)8-7-13-9-12-5-6-14(18(3)4)10-15(12)19-16(13)11-17/h5-11H,1-4H3. The minimum Gasteiger partial charge on any atom is -0.456 e. The molecule has 2 heteroatoms. The van der Waals surface area contributed by atoms with Gasteiger partial charge in [0.05, 0.1) is 0 Å². The fraction of sp³-hybridized carbons (Fsp3) is 0.294. The van der Waals surface area contributed by atoms with E-state index in [2.05, 4.69) is 61.3 Å². The Hall–Kier alpha value is -1.96. The first-order chi connectivity index (χ1) is 8.94. The maximum atomic E-state index is 6.08. The van der Waals surface area contributed by atoms with Crippen molar-refractivity contribution in [1.29, 1.82) is 0 Å². The fourth-order valence-corrected chi connectivity index (χ4v) is 2.36. The van der Waals surface area contributed by atoms with Crippen LogP contribution in [0.1, 0.15) is 19.4 Å². The number of nitrogens with zero attached hydrogens (tertiary/aromatic N) is 1. The molecule has 1 aromatic rings. The second kappa shape index (κ2) is 4.02. The van der Waals surface area contributed by atoms with Crippen LogP contribution >= 0.6 is 0 Å². The van der Waals surface area contributed by atoms with Gasteiger partial charge >= 0.3 is 0 Å². The van der Waals surface area contributed by atoms with E-state index >= 15 is 0 Å². The molecule has 2 aliphatic rings. The molecule has 0 bridgehead atoms. The molecule has 98 valence electrons. The maximum absolute atomic E-state index is 6.08. The highest BCUT2D eigenvalue weighted by atomic mass is 16.5. The van der Waals surface area contributed by atoms with E-state index in [9.17, 15) is 0 Å². The molecule has 1 aliphatic carbocycles. The van der Waals surface area contributed by atoms with Crippen LogP contribution < -0.4 is 9.64 Å². The molecule has 1 aliphatic heterocycles. The van der Waals surface area contributed by atoms with Gasteiger partial charge in [0, 0.05) is 42.4 Å². The van der Waals surface area contributed by atoms with Crippen molar-refractivity contribution >= 4 is 11.8 Å². The van der Waals surface area contributed by atoms with Crippen LogP contribution in [-0.2, 0) is 0 Å². The van der Waals surface area contributed by atoms with Crippen LogP contribution in [0.5, 0.6) is 5.75 Å². The lowest BCUT2D eigenvalue weighted by Gasteiger charge is -2.27. The van der Waals surface area contributed by atoms with Crippen LogP contribution in [0.25, 0.3) is 6.08 Å². The SMILES string of the molecule is CN(C)c1ccc2c(c1)OC1=CC(C)(C)C=CC1=C2. The molecule has 0 radical (unpaired) electrons. The quantitative estimate of drug-likeness (QED) is 0.750. The van der Waals surface area contributed by atoms with E-state index in [4.69, 9.17) is 4.74 Å². The molecular formula is C17H19NO. The minimum atomic E-state index is 0.0589. The van der Waals surface area contributed by atoms with E-state index < -0.39 is 0 Å². The molecule has 0 aromatic heterocycles. The third kappa shape index (κ3) is 2.19. The largest absolute Gasteiger partial charge is 0.456 e. The third-order valence-corrected chi connectivity index (χ3v) is 3.52. The summed E-state index contributed by atoms with van der Waals surface area (Å²) in [6, 6.07) is 6.32. The van der Waals surface area contributed by atoms with Crippen molar-refractivity contribution in [2.75, 3.05) is 19.0 Å². The van der Waals surface area contributed by atoms with Crippen molar-refractivity contribution in [3.63, 3.8) is 0 Å². The van der Waals surface area contributed by atoms with Gasteiger partial charge in [-0.2, -0.15) is 0 Å². The number of rotatable bonds is 1. The topological polar surface area (TPSA) is 12.5 Å². The van der Waals surface area contributed by atoms with Gasteiger partial charge in [0.25, 0.3) is 0 Å². The van der Waals surface area contributed by atoms with E-state index in [1.54, 1.807) is 0 Å². The molecule has 19 heavy (non-hydrogen) atoms. The van der Waals surface area contributed by atoms with Crippen LogP contribution in [0.2, 0.25) is 0 Å². The van der Waals surface area contributed by atoms with Crippen molar-refractivity contribution in [1.82, 2.24) is 0 Å². The zero-order chi connectivity index (χ0) is 13.6. The molecule has 0 fully saturated rings. The average Bonchev–Trinajstić information content (AvgIpc) is 2.34. The van der Waals surface area contributed by atoms with Gasteiger partial charge in [-0.1, -0.05) is 26.0 Å². The van der Waals surface area contributed by atoms with Crippen LogP contribution in [0, 0.1) is 5.41 Å². The monoisotopic (exact) mass is 253 g/mol. The van der Waals surface area contributed by atoms with Crippen molar-refractivity contribution in [2.24, 2.45) is 5.41 Å². The highest BCUT2D eigenvalue weighted by Gasteiger charge is 2.23. The van der Waals surface area contributed by atoms with Crippen molar-refractivity contribution in [3.8, 4) is 5.75 Å². The van der Waals surface area contributed by atoms with Gasteiger partial charge < -0.3 is 9.64 Å². The minimum absolute atomic E-state index is 0.0589. The number of hydrogen-bond acceptors (Lipinski definition) is 2. The fourth-order valence-electron chi connectivity index (χ4n) is 2.36. The normalized spacial score (nSPS) is 18.7. The molecule has 2 nitrogen and oxygen atoms in total. The van der Waals surface area contributed by atoms with E-state index in [1.165, 1.54) is 0 Å². The van der Waals surface area contributed by atoms with E-state index in [1.807, 2.05) is 14.1 Å². The average molecular weight is 253 g/mol. The van der Waals surface area contributed by atoms with Gasteiger partial charge in [-0.15, -0.1) is 0 Å². The van der Waals surface area contributed by atoms with Gasteiger partial charge in [-0.25, -0.2) is 0 Å². The van der Waals surface area contributed by atoms with Gasteiger partial charge in [0.15, 0.2) is 0 Å². The van der Waals surface area contributed by atoms with Gasteiger partial charge in [-0.05, 0) is 24.3 Å². The third-order valence-electron chi connectivity index (χ3n) is 3.52. The van der Waals surface area contributed by atoms with Gasteiger partial charge in [0.1, 0.15) is 11.5 Å². The lowest BCUT2D eigenvalue weighted by atomic mass is 9.85. The summed E-state index contributed by atoms with van der Waals surface area (Å²) >= 11 is 0. The number of hydrogen-bond donors (Lipinski definition) is 0. The van der Waals surface area contributed by atoms with Gasteiger partial charge in [-0.3, -0.25) is 0 Å². The molecule has 0 saturated heterocycles. The lowest BCUT2D eigenvalue weighted by Crippen LogP contribution is -2.15. The molecule has 1 aromatic carbocycles. The first kappa shape index (κ1) is 12.1. The smallest absolute Gasteiger partial charge is 0.136 e. The van der Waals surface area contributed by atoms with Crippen LogP contribution in [0.4, 0.5) is 5.69 Å². The molecular weight excluding hydrogens is 234 g/mol. The summed E-state index contributed by atoms with van der Waals surface area (Å²) in [5.74, 6) is 1.91. The van der Waals surface area contributed by atoms with Crippen molar-refractivity contribution in [2.45, 2.75) is 13.8 Å². The first-order valence-corrected chi connectivity index (χ1v) is 6.58. The summed E-state index contributed by atoms with van der Waals surface area (Å²) in [4.78, 5) is 2.09. The molecule has 3 rings (SSSR count). The zero-order valence-corrected chi connectivity index (χ0v) is 11.9. The first-order valence-electron chi connectivity index (χ1n) is 6.58. The Kier molecular flexibility index (Phi) is 2.56. The number of benzene rings is 1. The van der Waals surface area contributed by atoms with Crippen molar-refractivity contribution in [3.05, 3.63) is 53.3 Å². The zero-order valence-electron chi connectivity index (χ0n) is 11.9. The molecule has 1 heterocycles. The summed E-state index contributed by atoms with van der Waals surface area (Å²) in [7, 11) is 4.08. The van der Waals surface area contributed by atoms with E-state index in [0.717, 1.165) is 28.3 Å². The number of allylic oxidation sites excluding steroid dienone is 3. The van der Waals surface area contributed by atoms with Crippen LogP contribution in [0.3, 0.4) is 0 Å². The summed E-state index contributed by atoms with van der Waals surface area (Å²) in [6.45, 7) is 4.37. The molecule has 0 amide bonds. The summed E-state index contributed by atoms with van der Waals surface area (Å²) < 4.78 is 6.08. The van der Waals surface area contributed by atoms with Crippen LogP contribution in [0.15, 0.2) is 47.8 Å². The predicted octanol–water partition coefficient (Wildman–Crippen LogP) is 4.01.